The summed E-state index contributed by atoms with van der Waals surface area (Å²) in [5, 5.41) is 12.0. The third-order valence-corrected chi connectivity index (χ3v) is 3.47. The van der Waals surface area contributed by atoms with Crippen LogP contribution >= 0.6 is 0 Å². The Labute approximate surface area is 72.2 Å². The molecule has 1 unspecified atom stereocenters. The van der Waals surface area contributed by atoms with Crippen molar-refractivity contribution >= 4 is 5.97 Å². The van der Waals surface area contributed by atoms with Crippen LogP contribution in [-0.2, 0) is 4.79 Å². The Bertz CT molecular complexity index is 217. The van der Waals surface area contributed by atoms with E-state index in [-0.39, 0.29) is 11.6 Å². The van der Waals surface area contributed by atoms with Crippen molar-refractivity contribution in [2.24, 2.45) is 5.92 Å². The van der Waals surface area contributed by atoms with Crippen molar-refractivity contribution < 1.29 is 9.90 Å². The molecule has 12 heavy (non-hydrogen) atoms. The Morgan fingerprint density at radius 2 is 2.42 bits per heavy atom. The summed E-state index contributed by atoms with van der Waals surface area (Å²) in [7, 11) is 0. The largest absolute Gasteiger partial charge is 0.480 e. The molecule has 1 saturated carbocycles. The van der Waals surface area contributed by atoms with E-state index in [0.717, 1.165) is 12.8 Å². The highest BCUT2D eigenvalue weighted by Gasteiger charge is 2.48. The van der Waals surface area contributed by atoms with Gasteiger partial charge in [0, 0.05) is 5.54 Å². The lowest BCUT2D eigenvalue weighted by Gasteiger charge is -2.24. The third kappa shape index (κ3) is 1.04. The summed E-state index contributed by atoms with van der Waals surface area (Å²) in [6.07, 6.45) is 4.42. The first-order valence-corrected chi connectivity index (χ1v) is 4.62. The quantitative estimate of drug-likeness (QED) is 0.615. The second-order valence-corrected chi connectivity index (χ2v) is 4.28. The maximum absolute atomic E-state index is 10.7. The first kappa shape index (κ1) is 8.05. The lowest BCUT2D eigenvalue weighted by Crippen LogP contribution is -2.43. The van der Waals surface area contributed by atoms with Crippen LogP contribution in [0.2, 0.25) is 0 Å². The van der Waals surface area contributed by atoms with Crippen molar-refractivity contribution in [3.05, 3.63) is 0 Å². The minimum Gasteiger partial charge on any atom is -0.480 e. The summed E-state index contributed by atoms with van der Waals surface area (Å²) in [6, 6.07) is -0.291. The molecule has 3 heteroatoms. The van der Waals surface area contributed by atoms with Gasteiger partial charge in [0.1, 0.15) is 6.04 Å². The van der Waals surface area contributed by atoms with Crippen LogP contribution in [0.5, 0.6) is 0 Å². The monoisotopic (exact) mass is 169 g/mol. The van der Waals surface area contributed by atoms with Crippen LogP contribution in [0.25, 0.3) is 0 Å². The second kappa shape index (κ2) is 2.46. The van der Waals surface area contributed by atoms with Crippen LogP contribution in [-0.4, -0.2) is 22.7 Å². The molecule has 1 saturated heterocycles. The number of nitrogens with one attached hydrogen (secondary N) is 1. The summed E-state index contributed by atoms with van der Waals surface area (Å²) in [5.74, 6) is -0.0933. The molecule has 0 spiro atoms. The first-order valence-electron chi connectivity index (χ1n) is 4.62. The van der Waals surface area contributed by atoms with Gasteiger partial charge in [0.05, 0.1) is 0 Å². The number of hydrogen-bond acceptors (Lipinski definition) is 2. The second-order valence-electron chi connectivity index (χ2n) is 4.28. The summed E-state index contributed by atoms with van der Waals surface area (Å²) in [5.41, 5.74) is 0.128. The molecule has 0 aromatic rings. The topological polar surface area (TPSA) is 49.3 Å². The smallest absolute Gasteiger partial charge is 0.320 e. The van der Waals surface area contributed by atoms with Crippen LogP contribution in [0, 0.1) is 5.92 Å². The van der Waals surface area contributed by atoms with E-state index < -0.39 is 5.97 Å². The minimum absolute atomic E-state index is 0.128. The van der Waals surface area contributed by atoms with E-state index in [1.807, 2.05) is 0 Å². The highest BCUT2D eigenvalue weighted by Crippen LogP contribution is 2.43. The van der Waals surface area contributed by atoms with Gasteiger partial charge in [0.15, 0.2) is 0 Å². The fourth-order valence-electron chi connectivity index (χ4n) is 2.71. The molecule has 68 valence electrons. The number of rotatable bonds is 1. The highest BCUT2D eigenvalue weighted by atomic mass is 16.4. The first-order chi connectivity index (χ1) is 5.62. The average Bonchev–Trinajstić information content (AvgIpc) is 2.41. The van der Waals surface area contributed by atoms with Gasteiger partial charge in [-0.1, -0.05) is 6.42 Å². The van der Waals surface area contributed by atoms with Crippen molar-refractivity contribution in [3.63, 3.8) is 0 Å². The van der Waals surface area contributed by atoms with Crippen molar-refractivity contribution in [3.8, 4) is 0 Å². The van der Waals surface area contributed by atoms with Crippen molar-refractivity contribution in [2.75, 3.05) is 0 Å². The predicted molar refractivity (Wildman–Crippen MR) is 44.9 cm³/mol. The van der Waals surface area contributed by atoms with Gasteiger partial charge in [-0.3, -0.25) is 10.1 Å². The molecule has 0 bridgehead atoms. The van der Waals surface area contributed by atoms with Gasteiger partial charge >= 0.3 is 5.97 Å². The number of aliphatic carboxylic acids is 1. The molecule has 3 atom stereocenters. The zero-order valence-electron chi connectivity index (χ0n) is 7.34. The zero-order valence-corrected chi connectivity index (χ0v) is 7.34. The van der Waals surface area contributed by atoms with Gasteiger partial charge in [-0.25, -0.2) is 0 Å². The lowest BCUT2D eigenvalue weighted by atomic mass is 9.91. The molecule has 0 amide bonds. The highest BCUT2D eigenvalue weighted by molar-refractivity contribution is 5.74. The van der Waals surface area contributed by atoms with E-state index >= 15 is 0 Å². The lowest BCUT2D eigenvalue weighted by molar-refractivity contribution is -0.139. The maximum Gasteiger partial charge on any atom is 0.320 e. The SMILES string of the molecule is C[C@]12CCCC1C[C@@H](C(=O)O)N2. The van der Waals surface area contributed by atoms with Gasteiger partial charge < -0.3 is 5.11 Å². The third-order valence-electron chi connectivity index (χ3n) is 3.47. The van der Waals surface area contributed by atoms with Crippen molar-refractivity contribution in [2.45, 2.75) is 44.2 Å². The number of carboxylic acid groups (broad SMARTS) is 1. The Morgan fingerprint density at radius 3 is 3.00 bits per heavy atom. The van der Waals surface area contributed by atoms with Crippen LogP contribution in [0.3, 0.4) is 0 Å². The summed E-state index contributed by atoms with van der Waals surface area (Å²) in [4.78, 5) is 10.7. The normalized spacial score (nSPS) is 46.1. The number of carboxylic acids is 1. The van der Waals surface area contributed by atoms with E-state index in [4.69, 9.17) is 5.11 Å². The Morgan fingerprint density at radius 1 is 1.67 bits per heavy atom. The average molecular weight is 169 g/mol. The van der Waals surface area contributed by atoms with E-state index in [1.54, 1.807) is 0 Å². The van der Waals surface area contributed by atoms with Gasteiger partial charge in [0.2, 0.25) is 0 Å². The summed E-state index contributed by atoms with van der Waals surface area (Å²) in [6.45, 7) is 2.16. The van der Waals surface area contributed by atoms with Gasteiger partial charge in [0.25, 0.3) is 0 Å². The maximum atomic E-state index is 10.7. The van der Waals surface area contributed by atoms with E-state index in [1.165, 1.54) is 12.8 Å². The van der Waals surface area contributed by atoms with Crippen LogP contribution in [0.15, 0.2) is 0 Å². The Balaban J connectivity index is 2.11. The zero-order chi connectivity index (χ0) is 8.77. The molecule has 0 radical (unpaired) electrons. The van der Waals surface area contributed by atoms with Crippen LogP contribution in [0.4, 0.5) is 0 Å². The van der Waals surface area contributed by atoms with Gasteiger partial charge in [-0.05, 0) is 32.1 Å². The Kier molecular flexibility index (Phi) is 1.65. The van der Waals surface area contributed by atoms with E-state index in [9.17, 15) is 4.79 Å². The molecule has 1 heterocycles. The molecule has 3 nitrogen and oxygen atoms in total. The number of fused-ring (bicyclic) bond motifs is 1. The molecular weight excluding hydrogens is 154 g/mol. The molecule has 2 N–H and O–H groups in total. The predicted octanol–water partition coefficient (Wildman–Crippen LogP) is 0.992. The van der Waals surface area contributed by atoms with E-state index in [2.05, 4.69) is 12.2 Å². The van der Waals surface area contributed by atoms with E-state index in [0.29, 0.717) is 5.92 Å². The molecule has 2 fully saturated rings. The summed E-state index contributed by atoms with van der Waals surface area (Å²) < 4.78 is 0. The fourth-order valence-corrected chi connectivity index (χ4v) is 2.71. The number of hydrogen-bond donors (Lipinski definition) is 2. The molecular formula is C9H15NO2. The molecule has 0 aromatic carbocycles. The molecule has 2 aliphatic rings. The molecule has 1 aliphatic carbocycles. The standard InChI is InChI=1S/C9H15NO2/c1-9-4-2-3-6(9)5-7(10-9)8(11)12/h6-7,10H,2-5H2,1H3,(H,11,12)/t6?,7-,9-/m0/s1. The van der Waals surface area contributed by atoms with Crippen LogP contribution < -0.4 is 5.32 Å². The fraction of sp³-hybridized carbons (Fsp3) is 0.889. The van der Waals surface area contributed by atoms with Crippen molar-refractivity contribution in [1.82, 2.24) is 5.32 Å². The van der Waals surface area contributed by atoms with Crippen LogP contribution in [0.1, 0.15) is 32.6 Å². The summed E-state index contributed by atoms with van der Waals surface area (Å²) >= 11 is 0. The van der Waals surface area contributed by atoms with Gasteiger partial charge in [-0.2, -0.15) is 0 Å². The minimum atomic E-state index is -0.689. The molecule has 2 rings (SSSR count). The molecule has 1 aliphatic heterocycles. The Hall–Kier alpha value is -0.570. The van der Waals surface area contributed by atoms with Crippen molar-refractivity contribution in [1.29, 1.82) is 0 Å². The number of carbonyl (C=O) groups is 1. The molecule has 0 aromatic heterocycles. The van der Waals surface area contributed by atoms with Gasteiger partial charge in [-0.15, -0.1) is 0 Å².